The van der Waals surface area contributed by atoms with Crippen molar-refractivity contribution < 1.29 is 14.3 Å². The van der Waals surface area contributed by atoms with Crippen LogP contribution in [0.25, 0.3) is 0 Å². The van der Waals surface area contributed by atoms with Crippen LogP contribution in [-0.4, -0.2) is 49.8 Å². The van der Waals surface area contributed by atoms with Gasteiger partial charge in [0.2, 0.25) is 5.91 Å². The molecule has 3 rings (SSSR count). The molecule has 2 aliphatic rings. The zero-order valence-corrected chi connectivity index (χ0v) is 15.6. The van der Waals surface area contributed by atoms with Crippen LogP contribution in [0.1, 0.15) is 31.7 Å². The first-order chi connectivity index (χ1) is 12.1. The molecule has 6 heteroatoms. The number of ether oxygens (including phenoxy) is 2. The molecule has 0 aliphatic carbocycles. The average Bonchev–Trinajstić information content (AvgIpc) is 2.76. The number of nitrogens with zero attached hydrogens (tertiary/aromatic N) is 1. The summed E-state index contributed by atoms with van der Waals surface area (Å²) in [6, 6.07) is 5.73. The van der Waals surface area contributed by atoms with Gasteiger partial charge in [-0.2, -0.15) is 0 Å². The van der Waals surface area contributed by atoms with Crippen LogP contribution in [0.4, 0.5) is 0 Å². The molecule has 1 saturated heterocycles. The number of fused-ring (bicyclic) bond motifs is 1. The number of amides is 1. The highest BCUT2D eigenvalue weighted by molar-refractivity contribution is 6.30. The Morgan fingerprint density at radius 2 is 2.16 bits per heavy atom. The van der Waals surface area contributed by atoms with E-state index in [1.165, 1.54) is 0 Å². The summed E-state index contributed by atoms with van der Waals surface area (Å²) in [5, 5.41) is 3.79. The van der Waals surface area contributed by atoms with Crippen LogP contribution in [0.5, 0.6) is 5.75 Å². The maximum Gasteiger partial charge on any atom is 0.221 e. The van der Waals surface area contributed by atoms with Crippen molar-refractivity contribution in [2.75, 3.05) is 32.8 Å². The fourth-order valence-electron chi connectivity index (χ4n) is 3.44. The lowest BCUT2D eigenvalue weighted by molar-refractivity contribution is -0.121. The van der Waals surface area contributed by atoms with Gasteiger partial charge in [0, 0.05) is 56.4 Å². The zero-order chi connectivity index (χ0) is 17.6. The van der Waals surface area contributed by atoms with Crippen LogP contribution in [0.15, 0.2) is 18.2 Å². The Bertz CT molecular complexity index is 590. The van der Waals surface area contributed by atoms with E-state index >= 15 is 0 Å². The van der Waals surface area contributed by atoms with Gasteiger partial charge < -0.3 is 14.8 Å². The largest absolute Gasteiger partial charge is 0.489 e. The Hall–Kier alpha value is -1.30. The molecular formula is C19H27ClN2O3. The maximum atomic E-state index is 12.2. The van der Waals surface area contributed by atoms with Crippen molar-refractivity contribution in [2.45, 2.75) is 38.8 Å². The number of rotatable bonds is 5. The second kappa shape index (κ2) is 8.88. The molecule has 25 heavy (non-hydrogen) atoms. The number of carbonyl (C=O) groups is 1. The molecule has 1 aromatic carbocycles. The first-order valence-corrected chi connectivity index (χ1v) is 9.50. The highest BCUT2D eigenvalue weighted by atomic mass is 35.5. The Kier molecular flexibility index (Phi) is 6.57. The third-order valence-corrected chi connectivity index (χ3v) is 5.08. The Labute approximate surface area is 154 Å². The van der Waals surface area contributed by atoms with Crippen molar-refractivity contribution in [3.63, 3.8) is 0 Å². The topological polar surface area (TPSA) is 50.8 Å². The Balaban J connectivity index is 1.47. The zero-order valence-electron chi connectivity index (χ0n) is 14.8. The van der Waals surface area contributed by atoms with Gasteiger partial charge in [-0.1, -0.05) is 11.6 Å². The predicted molar refractivity (Wildman–Crippen MR) is 98.0 cm³/mol. The molecule has 5 nitrogen and oxygen atoms in total. The third-order valence-electron chi connectivity index (χ3n) is 4.84. The molecule has 1 unspecified atom stereocenters. The van der Waals surface area contributed by atoms with Gasteiger partial charge in [-0.25, -0.2) is 0 Å². The average molecular weight is 367 g/mol. The van der Waals surface area contributed by atoms with Crippen LogP contribution < -0.4 is 10.1 Å². The number of halogens is 1. The van der Waals surface area contributed by atoms with E-state index in [0.717, 1.165) is 63.5 Å². The fraction of sp³-hybridized carbons (Fsp3) is 0.632. The monoisotopic (exact) mass is 366 g/mol. The molecule has 1 fully saturated rings. The lowest BCUT2D eigenvalue weighted by atomic mass is 10.0. The molecule has 1 atom stereocenters. The molecule has 0 bridgehead atoms. The van der Waals surface area contributed by atoms with Crippen molar-refractivity contribution in [2.24, 2.45) is 5.92 Å². The minimum Gasteiger partial charge on any atom is -0.489 e. The summed E-state index contributed by atoms with van der Waals surface area (Å²) in [4.78, 5) is 14.4. The van der Waals surface area contributed by atoms with Crippen LogP contribution in [0.2, 0.25) is 5.02 Å². The van der Waals surface area contributed by atoms with Crippen molar-refractivity contribution in [1.82, 2.24) is 10.2 Å². The highest BCUT2D eigenvalue weighted by Crippen LogP contribution is 2.28. The second-order valence-corrected chi connectivity index (χ2v) is 7.46. The fourth-order valence-corrected chi connectivity index (χ4v) is 3.63. The molecule has 2 heterocycles. The number of hydrogen-bond acceptors (Lipinski definition) is 4. The summed E-state index contributed by atoms with van der Waals surface area (Å²) < 4.78 is 11.3. The lowest BCUT2D eigenvalue weighted by Crippen LogP contribution is -2.36. The Morgan fingerprint density at radius 1 is 1.36 bits per heavy atom. The van der Waals surface area contributed by atoms with Gasteiger partial charge in [0.25, 0.3) is 0 Å². The summed E-state index contributed by atoms with van der Waals surface area (Å²) in [6.07, 6.45) is 2.68. The molecule has 0 aromatic heterocycles. The van der Waals surface area contributed by atoms with E-state index in [-0.39, 0.29) is 12.0 Å². The van der Waals surface area contributed by atoms with Crippen LogP contribution >= 0.6 is 11.6 Å². The van der Waals surface area contributed by atoms with E-state index in [2.05, 4.69) is 17.1 Å². The molecule has 2 aliphatic heterocycles. The van der Waals surface area contributed by atoms with E-state index in [1.54, 1.807) is 0 Å². The quantitative estimate of drug-likeness (QED) is 0.870. The standard InChI is InChI=1S/C19H27ClN2O3/c1-14-12-22(13-16-10-17(20)2-3-18(16)25-14)7-4-19(23)21-11-15-5-8-24-9-6-15/h2-3,10,14-15H,4-9,11-13H2,1H3,(H,21,23). The first-order valence-electron chi connectivity index (χ1n) is 9.12. The van der Waals surface area contributed by atoms with Gasteiger partial charge in [-0.15, -0.1) is 0 Å². The van der Waals surface area contributed by atoms with Crippen molar-refractivity contribution in [1.29, 1.82) is 0 Å². The molecule has 1 amide bonds. The van der Waals surface area contributed by atoms with Gasteiger partial charge in [0.05, 0.1) is 0 Å². The van der Waals surface area contributed by atoms with Crippen LogP contribution in [0, 0.1) is 5.92 Å². The van der Waals surface area contributed by atoms with E-state index in [0.29, 0.717) is 17.4 Å². The maximum absolute atomic E-state index is 12.2. The van der Waals surface area contributed by atoms with E-state index in [9.17, 15) is 4.79 Å². The van der Waals surface area contributed by atoms with Gasteiger partial charge in [0.1, 0.15) is 11.9 Å². The normalized spacial score (nSPS) is 21.9. The SMILES string of the molecule is CC1CN(CCC(=O)NCC2CCOCC2)Cc2cc(Cl)ccc2O1. The van der Waals surface area contributed by atoms with Gasteiger partial charge in [-0.05, 0) is 43.9 Å². The van der Waals surface area contributed by atoms with Crippen LogP contribution in [-0.2, 0) is 16.1 Å². The third kappa shape index (κ3) is 5.59. The number of hydrogen-bond donors (Lipinski definition) is 1. The molecule has 1 aromatic rings. The predicted octanol–water partition coefficient (Wildman–Crippen LogP) is 2.86. The summed E-state index contributed by atoms with van der Waals surface area (Å²) >= 11 is 6.11. The first kappa shape index (κ1) is 18.5. The summed E-state index contributed by atoms with van der Waals surface area (Å²) in [6.45, 7) is 6.73. The molecule has 0 spiro atoms. The summed E-state index contributed by atoms with van der Waals surface area (Å²) in [5.41, 5.74) is 1.08. The smallest absolute Gasteiger partial charge is 0.221 e. The number of benzene rings is 1. The highest BCUT2D eigenvalue weighted by Gasteiger charge is 2.21. The van der Waals surface area contributed by atoms with Gasteiger partial charge in [0.15, 0.2) is 0 Å². The molecule has 0 radical (unpaired) electrons. The van der Waals surface area contributed by atoms with E-state index in [1.807, 2.05) is 18.2 Å². The molecular weight excluding hydrogens is 340 g/mol. The van der Waals surface area contributed by atoms with Crippen molar-refractivity contribution >= 4 is 17.5 Å². The minimum atomic E-state index is 0.0905. The summed E-state index contributed by atoms with van der Waals surface area (Å²) in [7, 11) is 0. The van der Waals surface area contributed by atoms with Gasteiger partial charge in [-0.3, -0.25) is 9.69 Å². The van der Waals surface area contributed by atoms with E-state index < -0.39 is 0 Å². The number of nitrogens with one attached hydrogen (secondary N) is 1. The Morgan fingerprint density at radius 3 is 2.96 bits per heavy atom. The minimum absolute atomic E-state index is 0.0905. The number of carbonyl (C=O) groups excluding carboxylic acids is 1. The second-order valence-electron chi connectivity index (χ2n) is 7.03. The molecule has 1 N–H and O–H groups in total. The van der Waals surface area contributed by atoms with E-state index in [4.69, 9.17) is 21.1 Å². The molecule has 0 saturated carbocycles. The summed E-state index contributed by atoms with van der Waals surface area (Å²) in [5.74, 6) is 1.57. The van der Waals surface area contributed by atoms with Gasteiger partial charge >= 0.3 is 0 Å². The van der Waals surface area contributed by atoms with Crippen molar-refractivity contribution in [3.8, 4) is 5.75 Å². The van der Waals surface area contributed by atoms with Crippen LogP contribution in [0.3, 0.4) is 0 Å². The lowest BCUT2D eigenvalue weighted by Gasteiger charge is -2.23. The van der Waals surface area contributed by atoms with Crippen molar-refractivity contribution in [3.05, 3.63) is 28.8 Å². The molecule has 138 valence electrons.